The fourth-order valence-corrected chi connectivity index (χ4v) is 3.96. The Balaban J connectivity index is 2.32. The monoisotopic (exact) mass is 429 g/mol. The lowest BCUT2D eigenvalue weighted by Gasteiger charge is -2.21. The summed E-state index contributed by atoms with van der Waals surface area (Å²) in [5, 5.41) is 10.4. The Morgan fingerprint density at radius 2 is 1.69 bits per heavy atom. The first-order chi connectivity index (χ1) is 13.7. The minimum atomic E-state index is -1.27. The molecule has 0 radical (unpaired) electrons. The lowest BCUT2D eigenvalue weighted by Crippen LogP contribution is -2.23. The number of benzene rings is 2. The summed E-state index contributed by atoms with van der Waals surface area (Å²) >= 11 is 12.2. The van der Waals surface area contributed by atoms with Gasteiger partial charge in [0, 0.05) is 30.3 Å². The van der Waals surface area contributed by atoms with Crippen LogP contribution in [0.1, 0.15) is 39.7 Å². The van der Waals surface area contributed by atoms with Crippen LogP contribution in [0.2, 0.25) is 10.0 Å². The van der Waals surface area contributed by atoms with Crippen LogP contribution in [0.5, 0.6) is 0 Å². The van der Waals surface area contributed by atoms with E-state index in [4.69, 9.17) is 23.2 Å². The van der Waals surface area contributed by atoms with Gasteiger partial charge in [0.05, 0.1) is 15.7 Å². The van der Waals surface area contributed by atoms with E-state index >= 15 is 0 Å². The molecule has 150 valence electrons. The van der Waals surface area contributed by atoms with E-state index in [2.05, 4.69) is 0 Å². The van der Waals surface area contributed by atoms with Gasteiger partial charge in [-0.05, 0) is 49.6 Å². The van der Waals surface area contributed by atoms with Gasteiger partial charge in [0.1, 0.15) is 5.56 Å². The predicted molar refractivity (Wildman–Crippen MR) is 118 cm³/mol. The summed E-state index contributed by atoms with van der Waals surface area (Å²) in [6.07, 6.45) is 0.524. The minimum Gasteiger partial charge on any atom is -0.477 e. The van der Waals surface area contributed by atoms with Crippen molar-refractivity contribution in [2.24, 2.45) is 0 Å². The number of aromatic carboxylic acids is 1. The van der Waals surface area contributed by atoms with Crippen LogP contribution in [0.25, 0.3) is 11.3 Å². The second-order valence-corrected chi connectivity index (χ2v) is 7.76. The van der Waals surface area contributed by atoms with Crippen LogP contribution >= 0.6 is 23.2 Å². The minimum absolute atomic E-state index is 0.268. The van der Waals surface area contributed by atoms with Gasteiger partial charge in [-0.3, -0.25) is 4.79 Å². The summed E-state index contributed by atoms with van der Waals surface area (Å²) in [5.74, 6) is -1.27. The number of aryl methyl sites for hydroxylation is 2. The third kappa shape index (κ3) is 4.09. The zero-order chi connectivity index (χ0) is 21.3. The molecule has 6 heteroatoms. The molecule has 0 amide bonds. The first-order valence-electron chi connectivity index (χ1n) is 9.25. The number of hydrogen-bond acceptors (Lipinski definition) is 2. The van der Waals surface area contributed by atoms with E-state index in [1.54, 1.807) is 18.2 Å². The standard InChI is InChI=1S/C23H21Cl2NO3/c1-4-26-16(11-17-13(2)6-5-7-14(17)3)12-20(27)21(23(28)29)22(26)15-8-9-18(24)19(25)10-15/h5-10,12H,4,11H2,1-3H3,(H,28,29). The number of nitrogens with zero attached hydrogens (tertiary/aromatic N) is 1. The number of carboxylic acid groups (broad SMARTS) is 1. The van der Waals surface area contributed by atoms with Crippen LogP contribution in [0.3, 0.4) is 0 Å². The highest BCUT2D eigenvalue weighted by atomic mass is 35.5. The second-order valence-electron chi connectivity index (χ2n) is 6.95. The van der Waals surface area contributed by atoms with E-state index in [1.165, 1.54) is 6.07 Å². The van der Waals surface area contributed by atoms with Crippen LogP contribution in [-0.2, 0) is 13.0 Å². The van der Waals surface area contributed by atoms with Crippen molar-refractivity contribution < 1.29 is 9.90 Å². The highest BCUT2D eigenvalue weighted by Crippen LogP contribution is 2.31. The first-order valence-corrected chi connectivity index (χ1v) is 10.0. The van der Waals surface area contributed by atoms with Gasteiger partial charge >= 0.3 is 5.97 Å². The summed E-state index contributed by atoms with van der Waals surface area (Å²) in [6, 6.07) is 12.4. The molecule has 1 heterocycles. The molecule has 0 saturated carbocycles. The number of aromatic nitrogens is 1. The van der Waals surface area contributed by atoms with Crippen molar-refractivity contribution in [3.05, 3.63) is 90.7 Å². The smallest absolute Gasteiger partial charge is 0.341 e. The Morgan fingerprint density at radius 3 is 2.24 bits per heavy atom. The third-order valence-electron chi connectivity index (χ3n) is 5.12. The Kier molecular flexibility index (Phi) is 6.15. The van der Waals surface area contributed by atoms with Gasteiger partial charge in [-0.1, -0.05) is 47.5 Å². The quantitative estimate of drug-likeness (QED) is 0.561. The number of carbonyl (C=O) groups is 1. The Hall–Kier alpha value is -2.56. The lowest BCUT2D eigenvalue weighted by molar-refractivity contribution is 0.0695. The van der Waals surface area contributed by atoms with E-state index in [0.29, 0.717) is 34.3 Å². The molecule has 29 heavy (non-hydrogen) atoms. The normalized spacial score (nSPS) is 10.9. The van der Waals surface area contributed by atoms with Crippen molar-refractivity contribution in [1.82, 2.24) is 4.57 Å². The molecule has 4 nitrogen and oxygen atoms in total. The highest BCUT2D eigenvalue weighted by molar-refractivity contribution is 6.42. The average molecular weight is 430 g/mol. The first kappa shape index (κ1) is 21.2. The summed E-state index contributed by atoms with van der Waals surface area (Å²) < 4.78 is 1.87. The lowest BCUT2D eigenvalue weighted by atomic mass is 9.96. The van der Waals surface area contributed by atoms with Crippen molar-refractivity contribution >= 4 is 29.2 Å². The van der Waals surface area contributed by atoms with Crippen LogP contribution in [0.15, 0.2) is 47.3 Å². The van der Waals surface area contributed by atoms with Crippen LogP contribution < -0.4 is 5.43 Å². The molecular weight excluding hydrogens is 409 g/mol. The molecule has 0 aliphatic carbocycles. The average Bonchev–Trinajstić information content (AvgIpc) is 2.66. The molecule has 0 spiro atoms. The van der Waals surface area contributed by atoms with Crippen molar-refractivity contribution in [2.45, 2.75) is 33.7 Å². The molecule has 0 bridgehead atoms. The second kappa shape index (κ2) is 8.44. The molecule has 0 aliphatic heterocycles. The van der Waals surface area contributed by atoms with Crippen molar-refractivity contribution in [3.8, 4) is 11.3 Å². The van der Waals surface area contributed by atoms with Crippen LogP contribution in [0.4, 0.5) is 0 Å². The molecule has 3 aromatic rings. The van der Waals surface area contributed by atoms with Crippen LogP contribution in [0, 0.1) is 13.8 Å². The summed E-state index contributed by atoms with van der Waals surface area (Å²) in [7, 11) is 0. The van der Waals surface area contributed by atoms with E-state index < -0.39 is 11.4 Å². The molecule has 0 fully saturated rings. The fraction of sp³-hybridized carbons (Fsp3) is 0.217. The summed E-state index contributed by atoms with van der Waals surface area (Å²) in [6.45, 7) is 6.48. The van der Waals surface area contributed by atoms with E-state index in [1.807, 2.05) is 43.5 Å². The maximum Gasteiger partial charge on any atom is 0.341 e. The maximum absolute atomic E-state index is 12.8. The molecule has 0 saturated heterocycles. The van der Waals surface area contributed by atoms with E-state index in [9.17, 15) is 14.7 Å². The summed E-state index contributed by atoms with van der Waals surface area (Å²) in [5.41, 5.74) is 4.21. The fourth-order valence-electron chi connectivity index (χ4n) is 3.66. The zero-order valence-electron chi connectivity index (χ0n) is 16.4. The molecule has 0 atom stereocenters. The molecule has 3 rings (SSSR count). The maximum atomic E-state index is 12.8. The van der Waals surface area contributed by atoms with Crippen molar-refractivity contribution in [3.63, 3.8) is 0 Å². The van der Waals surface area contributed by atoms with E-state index in [0.717, 1.165) is 22.4 Å². The number of rotatable bonds is 5. The van der Waals surface area contributed by atoms with Gasteiger partial charge in [0.25, 0.3) is 0 Å². The summed E-state index contributed by atoms with van der Waals surface area (Å²) in [4.78, 5) is 24.7. The number of hydrogen-bond donors (Lipinski definition) is 1. The Morgan fingerprint density at radius 1 is 1.03 bits per heavy atom. The Bertz CT molecular complexity index is 1150. The van der Waals surface area contributed by atoms with E-state index in [-0.39, 0.29) is 5.56 Å². The topological polar surface area (TPSA) is 59.3 Å². The van der Waals surface area contributed by atoms with Gasteiger partial charge in [-0.2, -0.15) is 0 Å². The van der Waals surface area contributed by atoms with Gasteiger partial charge < -0.3 is 9.67 Å². The molecule has 1 aromatic heterocycles. The predicted octanol–water partition coefficient (Wildman–Crippen LogP) is 5.75. The molecule has 0 unspecified atom stereocenters. The molecular formula is C23H21Cl2NO3. The largest absolute Gasteiger partial charge is 0.477 e. The Labute approximate surface area is 179 Å². The van der Waals surface area contributed by atoms with Gasteiger partial charge in [-0.15, -0.1) is 0 Å². The van der Waals surface area contributed by atoms with Crippen LogP contribution in [-0.4, -0.2) is 15.6 Å². The SMILES string of the molecule is CCn1c(Cc2c(C)cccc2C)cc(=O)c(C(=O)O)c1-c1ccc(Cl)c(Cl)c1. The van der Waals surface area contributed by atoms with Crippen molar-refractivity contribution in [2.75, 3.05) is 0 Å². The third-order valence-corrected chi connectivity index (χ3v) is 5.86. The molecule has 0 aliphatic rings. The van der Waals surface area contributed by atoms with Gasteiger partial charge in [0.2, 0.25) is 0 Å². The number of halogens is 2. The molecule has 1 N–H and O–H groups in total. The van der Waals surface area contributed by atoms with Gasteiger partial charge in [0.15, 0.2) is 5.43 Å². The molecule has 2 aromatic carbocycles. The number of pyridine rings is 1. The zero-order valence-corrected chi connectivity index (χ0v) is 17.9. The van der Waals surface area contributed by atoms with Crippen molar-refractivity contribution in [1.29, 1.82) is 0 Å². The highest BCUT2D eigenvalue weighted by Gasteiger charge is 2.22. The number of carboxylic acids is 1. The van der Waals surface area contributed by atoms with Gasteiger partial charge in [-0.25, -0.2) is 4.79 Å².